The molecule has 1 aromatic heterocycles. The van der Waals surface area contributed by atoms with Crippen LogP contribution in [0.25, 0.3) is 0 Å². The molecule has 0 saturated heterocycles. The molecule has 1 aliphatic rings. The minimum absolute atomic E-state index is 0.119. The van der Waals surface area contributed by atoms with E-state index in [2.05, 4.69) is 0 Å². The molecule has 0 amide bonds. The molecular weight excluding hydrogens is 200 g/mol. The summed E-state index contributed by atoms with van der Waals surface area (Å²) in [7, 11) is 0. The van der Waals surface area contributed by atoms with Crippen LogP contribution in [0, 0.1) is 11.3 Å². The third-order valence-corrected chi connectivity index (χ3v) is 2.95. The van der Waals surface area contributed by atoms with Gasteiger partial charge in [0.25, 0.3) is 0 Å². The Morgan fingerprint density at radius 3 is 2.86 bits per heavy atom. The molecule has 14 heavy (non-hydrogen) atoms. The molecule has 4 heteroatoms. The van der Waals surface area contributed by atoms with Crippen LogP contribution in [0.1, 0.15) is 29.7 Å². The van der Waals surface area contributed by atoms with Gasteiger partial charge in [0.05, 0.1) is 0 Å². The standard InChI is InChI=1S/C10H10ClN2O/c11-10-8(6-12)5-7-3-1-2-4-9(7)13(10)14/h5,14H,1-4H2/q+1. The Bertz CT molecular complexity index is 423. The zero-order chi connectivity index (χ0) is 10.1. The van der Waals surface area contributed by atoms with Gasteiger partial charge >= 0.3 is 5.15 Å². The van der Waals surface area contributed by atoms with Gasteiger partial charge in [-0.05, 0) is 36.9 Å². The molecule has 0 unspecified atom stereocenters. The number of hydrogen-bond donors (Lipinski definition) is 1. The lowest BCUT2D eigenvalue weighted by Gasteiger charge is -2.11. The molecule has 2 rings (SSSR count). The monoisotopic (exact) mass is 209 g/mol. The highest BCUT2D eigenvalue weighted by Gasteiger charge is 2.26. The van der Waals surface area contributed by atoms with Crippen molar-refractivity contribution in [2.24, 2.45) is 0 Å². The third kappa shape index (κ3) is 1.32. The Balaban J connectivity index is 2.64. The van der Waals surface area contributed by atoms with Gasteiger partial charge in [-0.15, -0.1) is 0 Å². The number of nitriles is 1. The minimum Gasteiger partial charge on any atom is -0.283 e. The van der Waals surface area contributed by atoms with E-state index in [0.29, 0.717) is 5.56 Å². The van der Waals surface area contributed by atoms with Gasteiger partial charge in [0, 0.05) is 16.7 Å². The van der Waals surface area contributed by atoms with E-state index in [0.717, 1.165) is 41.7 Å². The lowest BCUT2D eigenvalue weighted by atomic mass is 9.95. The van der Waals surface area contributed by atoms with Crippen molar-refractivity contribution in [2.75, 3.05) is 0 Å². The Morgan fingerprint density at radius 2 is 2.14 bits per heavy atom. The zero-order valence-electron chi connectivity index (χ0n) is 7.63. The van der Waals surface area contributed by atoms with Gasteiger partial charge in [0.2, 0.25) is 5.69 Å². The Hall–Kier alpha value is -1.27. The predicted molar refractivity (Wildman–Crippen MR) is 50.2 cm³/mol. The highest BCUT2D eigenvalue weighted by atomic mass is 35.5. The van der Waals surface area contributed by atoms with Gasteiger partial charge in [-0.2, -0.15) is 5.26 Å². The third-order valence-electron chi connectivity index (χ3n) is 2.58. The van der Waals surface area contributed by atoms with Crippen LogP contribution in [0.3, 0.4) is 0 Å². The fraction of sp³-hybridized carbons (Fsp3) is 0.400. The SMILES string of the molecule is N#Cc1cc2c([n+](O)c1Cl)CCCC2. The van der Waals surface area contributed by atoms with Crippen LogP contribution in [0.2, 0.25) is 5.15 Å². The first-order chi connectivity index (χ1) is 6.74. The second kappa shape index (κ2) is 3.47. The first-order valence-corrected chi connectivity index (χ1v) is 4.97. The molecule has 0 aliphatic heterocycles. The number of hydrogen-bond acceptors (Lipinski definition) is 2. The van der Waals surface area contributed by atoms with Crippen molar-refractivity contribution in [3.63, 3.8) is 0 Å². The molecule has 0 radical (unpaired) electrons. The highest BCUT2D eigenvalue weighted by Crippen LogP contribution is 2.22. The van der Waals surface area contributed by atoms with E-state index in [9.17, 15) is 5.21 Å². The summed E-state index contributed by atoms with van der Waals surface area (Å²) in [5.41, 5.74) is 2.23. The van der Waals surface area contributed by atoms with Gasteiger partial charge < -0.3 is 0 Å². The van der Waals surface area contributed by atoms with Gasteiger partial charge in [-0.1, -0.05) is 0 Å². The molecule has 3 nitrogen and oxygen atoms in total. The Kier molecular flexibility index (Phi) is 2.30. The zero-order valence-corrected chi connectivity index (χ0v) is 8.38. The van der Waals surface area contributed by atoms with Gasteiger partial charge in [0.1, 0.15) is 11.6 Å². The smallest absolute Gasteiger partial charge is 0.283 e. The van der Waals surface area contributed by atoms with Crippen molar-refractivity contribution in [1.82, 2.24) is 0 Å². The Labute approximate surface area is 87.1 Å². The summed E-state index contributed by atoms with van der Waals surface area (Å²) in [4.78, 5) is 0. The maximum Gasteiger partial charge on any atom is 0.343 e. The van der Waals surface area contributed by atoms with Crippen molar-refractivity contribution >= 4 is 11.6 Å². The van der Waals surface area contributed by atoms with Crippen LogP contribution < -0.4 is 4.73 Å². The number of rotatable bonds is 0. The van der Waals surface area contributed by atoms with E-state index in [1.165, 1.54) is 0 Å². The van der Waals surface area contributed by atoms with E-state index in [4.69, 9.17) is 16.9 Å². The maximum absolute atomic E-state index is 9.69. The number of aromatic nitrogens is 1. The molecule has 72 valence electrons. The number of pyridine rings is 1. The van der Waals surface area contributed by atoms with E-state index < -0.39 is 0 Å². The molecule has 0 fully saturated rings. The first-order valence-electron chi connectivity index (χ1n) is 4.59. The van der Waals surface area contributed by atoms with Crippen molar-refractivity contribution in [1.29, 1.82) is 5.26 Å². The van der Waals surface area contributed by atoms with Crippen molar-refractivity contribution in [3.05, 3.63) is 28.0 Å². The first kappa shape index (κ1) is 9.29. The van der Waals surface area contributed by atoms with E-state index in [-0.39, 0.29) is 5.15 Å². The maximum atomic E-state index is 9.69. The van der Waals surface area contributed by atoms with Crippen molar-refractivity contribution in [2.45, 2.75) is 25.7 Å². The van der Waals surface area contributed by atoms with Crippen molar-refractivity contribution < 1.29 is 9.94 Å². The number of fused-ring (bicyclic) bond motifs is 1. The molecule has 1 heterocycles. The quantitative estimate of drug-likeness (QED) is 0.401. The van der Waals surface area contributed by atoms with E-state index in [1.54, 1.807) is 6.07 Å². The Morgan fingerprint density at radius 1 is 1.43 bits per heavy atom. The summed E-state index contributed by atoms with van der Waals surface area (Å²) >= 11 is 5.82. The van der Waals surface area contributed by atoms with Crippen LogP contribution in [-0.4, -0.2) is 5.21 Å². The largest absolute Gasteiger partial charge is 0.343 e. The van der Waals surface area contributed by atoms with Crippen LogP contribution in [0.15, 0.2) is 6.07 Å². The molecule has 0 saturated carbocycles. The average Bonchev–Trinajstić information content (AvgIpc) is 2.23. The molecule has 0 atom stereocenters. The topological polar surface area (TPSA) is 47.9 Å². The second-order valence-corrected chi connectivity index (χ2v) is 3.81. The van der Waals surface area contributed by atoms with Crippen LogP contribution >= 0.6 is 11.6 Å². The normalized spacial score (nSPS) is 14.6. The van der Waals surface area contributed by atoms with Gasteiger partial charge in [0.15, 0.2) is 0 Å². The van der Waals surface area contributed by atoms with E-state index in [1.807, 2.05) is 6.07 Å². The summed E-state index contributed by atoms with van der Waals surface area (Å²) in [6, 6.07) is 3.75. The lowest BCUT2D eigenvalue weighted by molar-refractivity contribution is -0.908. The number of nitrogens with zero attached hydrogens (tertiary/aromatic N) is 2. The molecule has 1 aliphatic carbocycles. The summed E-state index contributed by atoms with van der Waals surface area (Å²) in [6.45, 7) is 0. The van der Waals surface area contributed by atoms with Gasteiger partial charge in [-0.3, -0.25) is 5.21 Å². The molecule has 0 aromatic carbocycles. The molecule has 0 bridgehead atoms. The van der Waals surface area contributed by atoms with Crippen LogP contribution in [0.4, 0.5) is 0 Å². The minimum atomic E-state index is 0.119. The summed E-state index contributed by atoms with van der Waals surface area (Å²) in [5.74, 6) is 0. The number of halogens is 1. The molecule has 1 N–H and O–H groups in total. The second-order valence-electron chi connectivity index (χ2n) is 3.45. The van der Waals surface area contributed by atoms with Gasteiger partial charge in [-0.25, -0.2) is 0 Å². The van der Waals surface area contributed by atoms with Crippen LogP contribution in [0.5, 0.6) is 0 Å². The summed E-state index contributed by atoms with van der Waals surface area (Å²) in [5, 5.41) is 18.6. The fourth-order valence-electron chi connectivity index (χ4n) is 1.85. The fourth-order valence-corrected chi connectivity index (χ4v) is 2.05. The predicted octanol–water partition coefficient (Wildman–Crippen LogP) is 1.62. The summed E-state index contributed by atoms with van der Waals surface area (Å²) < 4.78 is 0.953. The molecule has 1 aromatic rings. The average molecular weight is 210 g/mol. The highest BCUT2D eigenvalue weighted by molar-refractivity contribution is 6.29. The molecule has 0 spiro atoms. The summed E-state index contributed by atoms with van der Waals surface area (Å²) in [6.07, 6.45) is 3.92. The lowest BCUT2D eigenvalue weighted by Crippen LogP contribution is -2.39. The molecular formula is C10H10ClN2O+. The van der Waals surface area contributed by atoms with Crippen molar-refractivity contribution in [3.8, 4) is 6.07 Å². The van der Waals surface area contributed by atoms with Crippen LogP contribution in [-0.2, 0) is 12.8 Å². The van der Waals surface area contributed by atoms with E-state index >= 15 is 0 Å². The number of aryl methyl sites for hydroxylation is 1.